The Morgan fingerprint density at radius 1 is 1.14 bits per heavy atom. The molecule has 0 fully saturated rings. The smallest absolute Gasteiger partial charge is 0.142 e. The van der Waals surface area contributed by atoms with Crippen LogP contribution in [0.4, 0.5) is 4.39 Å². The summed E-state index contributed by atoms with van der Waals surface area (Å²) in [6, 6.07) is 11.5. The minimum absolute atomic E-state index is 0.172. The molecule has 0 aliphatic carbocycles. The predicted molar refractivity (Wildman–Crippen MR) is 87.4 cm³/mol. The lowest BCUT2D eigenvalue weighted by atomic mass is 9.91. The third kappa shape index (κ3) is 3.84. The van der Waals surface area contributed by atoms with E-state index >= 15 is 0 Å². The van der Waals surface area contributed by atoms with Gasteiger partial charge in [-0.15, -0.1) is 0 Å². The first kappa shape index (κ1) is 16.0. The summed E-state index contributed by atoms with van der Waals surface area (Å²) in [5, 5.41) is 3.68. The number of likely N-dealkylation sites (N-methyl/N-ethyl adjacent to an activating group) is 1. The lowest BCUT2D eigenvalue weighted by Crippen LogP contribution is -2.24. The van der Waals surface area contributed by atoms with Gasteiger partial charge in [-0.05, 0) is 61.2 Å². The molecule has 0 heterocycles. The Kier molecular flexibility index (Phi) is 5.38. The Bertz CT molecular complexity index is 604. The summed E-state index contributed by atoms with van der Waals surface area (Å²) in [6.07, 6.45) is 0.744. The monoisotopic (exact) mass is 305 g/mol. The first-order chi connectivity index (χ1) is 10.0. The van der Waals surface area contributed by atoms with Crippen LogP contribution in [0, 0.1) is 19.7 Å². The van der Waals surface area contributed by atoms with Crippen molar-refractivity contribution in [2.45, 2.75) is 33.2 Å². The summed E-state index contributed by atoms with van der Waals surface area (Å²) in [5.41, 5.74) is 4.77. The molecule has 0 bridgehead atoms. The second-order valence-electron chi connectivity index (χ2n) is 5.37. The van der Waals surface area contributed by atoms with Crippen molar-refractivity contribution in [3.8, 4) is 0 Å². The summed E-state index contributed by atoms with van der Waals surface area (Å²) < 4.78 is 13.6. The Morgan fingerprint density at radius 2 is 1.81 bits per heavy atom. The number of halogens is 2. The molecule has 0 amide bonds. The molecular formula is C18H21ClFN. The summed E-state index contributed by atoms with van der Waals surface area (Å²) in [6.45, 7) is 7.20. The Morgan fingerprint density at radius 3 is 2.38 bits per heavy atom. The highest BCUT2D eigenvalue weighted by Gasteiger charge is 2.16. The number of rotatable bonds is 5. The molecule has 0 aromatic heterocycles. The number of benzene rings is 2. The van der Waals surface area contributed by atoms with Gasteiger partial charge < -0.3 is 5.32 Å². The maximum atomic E-state index is 13.6. The Labute approximate surface area is 131 Å². The van der Waals surface area contributed by atoms with Gasteiger partial charge in [-0.2, -0.15) is 0 Å². The molecule has 0 spiro atoms. The van der Waals surface area contributed by atoms with Crippen molar-refractivity contribution in [1.82, 2.24) is 5.32 Å². The molecule has 0 aliphatic heterocycles. The van der Waals surface area contributed by atoms with Crippen LogP contribution >= 0.6 is 11.6 Å². The maximum Gasteiger partial charge on any atom is 0.142 e. The van der Waals surface area contributed by atoms with Crippen LogP contribution < -0.4 is 5.32 Å². The van der Waals surface area contributed by atoms with Crippen LogP contribution in [0.25, 0.3) is 0 Å². The normalized spacial score (nSPS) is 12.4. The summed E-state index contributed by atoms with van der Waals surface area (Å²) in [4.78, 5) is 0. The Balaban J connectivity index is 2.33. The van der Waals surface area contributed by atoms with Crippen LogP contribution in [-0.2, 0) is 6.42 Å². The van der Waals surface area contributed by atoms with E-state index in [-0.39, 0.29) is 16.9 Å². The molecule has 1 unspecified atom stereocenters. The minimum atomic E-state index is -0.356. The van der Waals surface area contributed by atoms with Gasteiger partial charge in [-0.1, -0.05) is 42.8 Å². The van der Waals surface area contributed by atoms with E-state index in [1.165, 1.54) is 22.8 Å². The van der Waals surface area contributed by atoms with Crippen molar-refractivity contribution < 1.29 is 4.39 Å². The molecule has 2 aromatic rings. The van der Waals surface area contributed by atoms with Crippen LogP contribution in [-0.4, -0.2) is 6.54 Å². The molecular weight excluding hydrogens is 285 g/mol. The highest BCUT2D eigenvalue weighted by molar-refractivity contribution is 6.30. The number of aryl methyl sites for hydroxylation is 2. The summed E-state index contributed by atoms with van der Waals surface area (Å²) in [5.74, 6) is -0.356. The molecule has 2 rings (SSSR count). The van der Waals surface area contributed by atoms with Crippen molar-refractivity contribution in [3.63, 3.8) is 0 Å². The first-order valence-corrected chi connectivity index (χ1v) is 7.64. The third-order valence-corrected chi connectivity index (χ3v) is 4.07. The zero-order chi connectivity index (χ0) is 15.4. The SMILES string of the molecule is CCNC(Cc1ccc(Cl)c(F)c1)c1c(C)cccc1C. The summed E-state index contributed by atoms with van der Waals surface area (Å²) in [7, 11) is 0. The molecule has 0 radical (unpaired) electrons. The predicted octanol–water partition coefficient (Wildman–Crippen LogP) is 4.99. The van der Waals surface area contributed by atoms with Gasteiger partial charge >= 0.3 is 0 Å². The highest BCUT2D eigenvalue weighted by Crippen LogP contribution is 2.26. The van der Waals surface area contributed by atoms with Gasteiger partial charge in [0.25, 0.3) is 0 Å². The van der Waals surface area contributed by atoms with Crippen molar-refractivity contribution >= 4 is 11.6 Å². The molecule has 1 atom stereocenters. The fourth-order valence-corrected chi connectivity index (χ4v) is 2.92. The quantitative estimate of drug-likeness (QED) is 0.820. The van der Waals surface area contributed by atoms with Crippen molar-refractivity contribution in [3.05, 3.63) is 69.5 Å². The van der Waals surface area contributed by atoms with Gasteiger partial charge in [0.05, 0.1) is 5.02 Å². The average Bonchev–Trinajstić information content (AvgIpc) is 2.43. The van der Waals surface area contributed by atoms with E-state index in [0.717, 1.165) is 18.5 Å². The van der Waals surface area contributed by atoms with Crippen LogP contribution in [0.2, 0.25) is 5.02 Å². The molecule has 112 valence electrons. The van der Waals surface area contributed by atoms with E-state index in [2.05, 4.69) is 44.3 Å². The van der Waals surface area contributed by atoms with Crippen molar-refractivity contribution in [2.75, 3.05) is 6.54 Å². The molecule has 1 nitrogen and oxygen atoms in total. The summed E-state index contributed by atoms with van der Waals surface area (Å²) >= 11 is 5.76. The van der Waals surface area contributed by atoms with Crippen LogP contribution in [0.3, 0.4) is 0 Å². The van der Waals surface area contributed by atoms with E-state index in [9.17, 15) is 4.39 Å². The number of nitrogens with one attached hydrogen (secondary N) is 1. The second-order valence-corrected chi connectivity index (χ2v) is 5.78. The van der Waals surface area contributed by atoms with Gasteiger partial charge in [0.1, 0.15) is 5.82 Å². The largest absolute Gasteiger partial charge is 0.310 e. The number of hydrogen-bond donors (Lipinski definition) is 1. The fraction of sp³-hybridized carbons (Fsp3) is 0.333. The van der Waals surface area contributed by atoms with Crippen LogP contribution in [0.1, 0.15) is 35.2 Å². The van der Waals surface area contributed by atoms with Gasteiger partial charge in [0.15, 0.2) is 0 Å². The first-order valence-electron chi connectivity index (χ1n) is 7.26. The maximum absolute atomic E-state index is 13.6. The average molecular weight is 306 g/mol. The molecule has 21 heavy (non-hydrogen) atoms. The zero-order valence-corrected chi connectivity index (χ0v) is 13.5. The van der Waals surface area contributed by atoms with Gasteiger partial charge in [-0.3, -0.25) is 0 Å². The van der Waals surface area contributed by atoms with E-state index < -0.39 is 0 Å². The molecule has 0 aliphatic rings. The molecule has 0 saturated heterocycles. The van der Waals surface area contributed by atoms with Crippen molar-refractivity contribution in [2.24, 2.45) is 0 Å². The lowest BCUT2D eigenvalue weighted by Gasteiger charge is -2.23. The minimum Gasteiger partial charge on any atom is -0.310 e. The van der Waals surface area contributed by atoms with Crippen LogP contribution in [0.5, 0.6) is 0 Å². The molecule has 3 heteroatoms. The topological polar surface area (TPSA) is 12.0 Å². The highest BCUT2D eigenvalue weighted by atomic mass is 35.5. The van der Waals surface area contributed by atoms with Gasteiger partial charge in [0, 0.05) is 6.04 Å². The third-order valence-electron chi connectivity index (χ3n) is 3.76. The number of hydrogen-bond acceptors (Lipinski definition) is 1. The van der Waals surface area contributed by atoms with Gasteiger partial charge in [0.2, 0.25) is 0 Å². The zero-order valence-electron chi connectivity index (χ0n) is 12.7. The van der Waals surface area contributed by atoms with Crippen LogP contribution in [0.15, 0.2) is 36.4 Å². The molecule has 0 saturated carbocycles. The Hall–Kier alpha value is -1.38. The fourth-order valence-electron chi connectivity index (χ4n) is 2.80. The molecule has 2 aromatic carbocycles. The standard InChI is InChI=1S/C18H21ClFN/c1-4-21-17(18-12(2)6-5-7-13(18)3)11-14-8-9-15(19)16(20)10-14/h5-10,17,21H,4,11H2,1-3H3. The van der Waals surface area contributed by atoms with E-state index in [1.54, 1.807) is 6.07 Å². The van der Waals surface area contributed by atoms with Gasteiger partial charge in [-0.25, -0.2) is 4.39 Å². The van der Waals surface area contributed by atoms with E-state index in [1.807, 2.05) is 6.07 Å². The van der Waals surface area contributed by atoms with E-state index in [4.69, 9.17) is 11.6 Å². The second kappa shape index (κ2) is 7.06. The lowest BCUT2D eigenvalue weighted by molar-refractivity contribution is 0.542. The molecule has 1 N–H and O–H groups in total. The van der Waals surface area contributed by atoms with E-state index in [0.29, 0.717) is 0 Å². The van der Waals surface area contributed by atoms with Crippen molar-refractivity contribution in [1.29, 1.82) is 0 Å².